The minimum atomic E-state index is 0.707. The second kappa shape index (κ2) is 5.76. The molecule has 2 aromatic rings. The van der Waals surface area contributed by atoms with Crippen LogP contribution in [0, 0.1) is 0 Å². The summed E-state index contributed by atoms with van der Waals surface area (Å²) in [5.74, 6) is 0.707. The highest BCUT2D eigenvalue weighted by atomic mass is 32.1. The minimum Gasteiger partial charge on any atom is -0.0890 e. The monoisotopic (exact) mass is 227 g/mol. The van der Waals surface area contributed by atoms with E-state index in [2.05, 4.69) is 54.6 Å². The molecule has 0 aliphatic rings. The zero-order valence-electron chi connectivity index (χ0n) is 9.23. The lowest BCUT2D eigenvalue weighted by Crippen LogP contribution is -1.91. The maximum Gasteiger partial charge on any atom is 0.0288 e. The fourth-order valence-electron chi connectivity index (χ4n) is 1.74. The molecular weight excluding hydrogens is 212 g/mol. The van der Waals surface area contributed by atoms with Crippen LogP contribution in [0.1, 0.15) is 16.7 Å². The van der Waals surface area contributed by atoms with Crippen LogP contribution in [-0.4, -0.2) is 0 Å². The van der Waals surface area contributed by atoms with Crippen molar-refractivity contribution in [2.24, 2.45) is 0 Å². The minimum absolute atomic E-state index is 0.707. The molecule has 0 spiro atoms. The predicted octanol–water partition coefficient (Wildman–Crippen LogP) is 4.17. The molecule has 0 N–H and O–H groups in total. The van der Waals surface area contributed by atoms with E-state index in [1.165, 1.54) is 16.7 Å². The van der Waals surface area contributed by atoms with Gasteiger partial charge in [0.1, 0.15) is 0 Å². The summed E-state index contributed by atoms with van der Waals surface area (Å²) in [6.45, 7) is 0. The van der Waals surface area contributed by atoms with E-state index in [0.717, 1.165) is 12.8 Å². The molecule has 1 heteroatoms. The summed E-state index contributed by atoms with van der Waals surface area (Å²) in [6.07, 6.45) is 2.20. The van der Waals surface area contributed by atoms with Gasteiger partial charge in [-0.05, 0) is 29.5 Å². The van der Waals surface area contributed by atoms with Crippen molar-refractivity contribution in [3.05, 3.63) is 71.3 Å². The first-order valence-corrected chi connectivity index (χ1v) is 6.16. The molecule has 0 fully saturated rings. The molecule has 16 heavy (non-hydrogen) atoms. The molecule has 0 aliphatic heterocycles. The van der Waals surface area contributed by atoms with Gasteiger partial charge in [0, 0.05) is 5.75 Å². The lowest BCUT2D eigenvalue weighted by molar-refractivity contribution is 0.959. The van der Waals surface area contributed by atoms with Gasteiger partial charge in [0.25, 0.3) is 0 Å². The van der Waals surface area contributed by atoms with Crippen LogP contribution in [0.25, 0.3) is 0 Å². The fourth-order valence-corrected chi connectivity index (χ4v) is 1.93. The SMILES string of the molecule is [S]Cc1ccc(CCc2ccccc2)cc1. The van der Waals surface area contributed by atoms with Gasteiger partial charge in [-0.3, -0.25) is 0 Å². The van der Waals surface area contributed by atoms with Crippen LogP contribution in [0.5, 0.6) is 0 Å². The van der Waals surface area contributed by atoms with Gasteiger partial charge in [0.15, 0.2) is 0 Å². The molecule has 0 unspecified atom stereocenters. The Bertz CT molecular complexity index is 417. The van der Waals surface area contributed by atoms with Crippen molar-refractivity contribution >= 4 is 12.6 Å². The predicted molar refractivity (Wildman–Crippen MR) is 71.6 cm³/mol. The largest absolute Gasteiger partial charge is 0.0890 e. The first-order chi connectivity index (χ1) is 7.88. The average molecular weight is 227 g/mol. The summed E-state index contributed by atoms with van der Waals surface area (Å²) >= 11 is 5.00. The van der Waals surface area contributed by atoms with Gasteiger partial charge < -0.3 is 0 Å². The van der Waals surface area contributed by atoms with Crippen LogP contribution in [0.15, 0.2) is 54.6 Å². The molecule has 0 aliphatic carbocycles. The van der Waals surface area contributed by atoms with Gasteiger partial charge >= 0.3 is 0 Å². The summed E-state index contributed by atoms with van der Waals surface area (Å²) in [5.41, 5.74) is 4.02. The van der Waals surface area contributed by atoms with Crippen LogP contribution >= 0.6 is 12.6 Å². The summed E-state index contributed by atoms with van der Waals surface area (Å²) in [6, 6.07) is 19.2. The summed E-state index contributed by atoms with van der Waals surface area (Å²) < 4.78 is 0. The highest BCUT2D eigenvalue weighted by Crippen LogP contribution is 2.10. The molecule has 0 saturated heterocycles. The number of benzene rings is 2. The van der Waals surface area contributed by atoms with Crippen molar-refractivity contribution in [3.63, 3.8) is 0 Å². The maximum atomic E-state index is 5.00. The molecule has 0 saturated carbocycles. The zero-order chi connectivity index (χ0) is 11.2. The first kappa shape index (κ1) is 11.3. The topological polar surface area (TPSA) is 0 Å². The van der Waals surface area contributed by atoms with E-state index in [1.807, 2.05) is 0 Å². The lowest BCUT2D eigenvalue weighted by atomic mass is 10.0. The third kappa shape index (κ3) is 3.14. The molecule has 0 atom stereocenters. The molecular formula is C15H15S. The molecule has 2 rings (SSSR count). The van der Waals surface area contributed by atoms with Gasteiger partial charge in [-0.1, -0.05) is 67.2 Å². The van der Waals surface area contributed by atoms with Crippen LogP contribution in [0.3, 0.4) is 0 Å². The van der Waals surface area contributed by atoms with Crippen LogP contribution in [-0.2, 0) is 18.6 Å². The number of hydrogen-bond donors (Lipinski definition) is 0. The Morgan fingerprint density at radius 1 is 0.625 bits per heavy atom. The maximum absolute atomic E-state index is 5.00. The smallest absolute Gasteiger partial charge is 0.0288 e. The van der Waals surface area contributed by atoms with Crippen LogP contribution in [0.4, 0.5) is 0 Å². The van der Waals surface area contributed by atoms with Crippen LogP contribution < -0.4 is 0 Å². The van der Waals surface area contributed by atoms with Gasteiger partial charge in [-0.25, -0.2) is 0 Å². The molecule has 1 radical (unpaired) electrons. The fraction of sp³-hybridized carbons (Fsp3) is 0.200. The number of aryl methyl sites for hydroxylation is 2. The molecule has 0 heterocycles. The summed E-state index contributed by atoms with van der Waals surface area (Å²) in [5, 5.41) is 0. The lowest BCUT2D eigenvalue weighted by Gasteiger charge is -2.03. The third-order valence-corrected chi connectivity index (χ3v) is 3.07. The summed E-state index contributed by atoms with van der Waals surface area (Å²) in [4.78, 5) is 0. The van der Waals surface area contributed by atoms with E-state index >= 15 is 0 Å². The van der Waals surface area contributed by atoms with Gasteiger partial charge in [-0.2, -0.15) is 0 Å². The normalized spacial score (nSPS) is 10.3. The zero-order valence-corrected chi connectivity index (χ0v) is 10.0. The highest BCUT2D eigenvalue weighted by molar-refractivity contribution is 7.79. The Balaban J connectivity index is 1.94. The Morgan fingerprint density at radius 2 is 1.12 bits per heavy atom. The summed E-state index contributed by atoms with van der Waals surface area (Å²) in [7, 11) is 0. The molecule has 2 aromatic carbocycles. The van der Waals surface area contributed by atoms with Crippen molar-refractivity contribution in [2.45, 2.75) is 18.6 Å². The van der Waals surface area contributed by atoms with Crippen molar-refractivity contribution in [2.75, 3.05) is 0 Å². The third-order valence-electron chi connectivity index (χ3n) is 2.73. The molecule has 0 amide bonds. The number of rotatable bonds is 4. The van der Waals surface area contributed by atoms with Gasteiger partial charge in [-0.15, -0.1) is 0 Å². The second-order valence-corrected chi connectivity index (χ2v) is 4.24. The molecule has 0 nitrogen and oxygen atoms in total. The van der Waals surface area contributed by atoms with E-state index < -0.39 is 0 Å². The molecule has 81 valence electrons. The van der Waals surface area contributed by atoms with Crippen molar-refractivity contribution in [1.82, 2.24) is 0 Å². The Morgan fingerprint density at radius 3 is 1.69 bits per heavy atom. The highest BCUT2D eigenvalue weighted by Gasteiger charge is 1.95. The van der Waals surface area contributed by atoms with Crippen molar-refractivity contribution < 1.29 is 0 Å². The van der Waals surface area contributed by atoms with E-state index in [-0.39, 0.29) is 0 Å². The van der Waals surface area contributed by atoms with Gasteiger partial charge in [0.2, 0.25) is 0 Å². The quantitative estimate of drug-likeness (QED) is 0.735. The average Bonchev–Trinajstić information content (AvgIpc) is 2.38. The Hall–Kier alpha value is -1.21. The molecule has 0 bridgehead atoms. The number of hydrogen-bond acceptors (Lipinski definition) is 0. The Kier molecular flexibility index (Phi) is 4.06. The van der Waals surface area contributed by atoms with Crippen LogP contribution in [0.2, 0.25) is 0 Å². The van der Waals surface area contributed by atoms with E-state index in [9.17, 15) is 0 Å². The van der Waals surface area contributed by atoms with Gasteiger partial charge in [0.05, 0.1) is 0 Å². The standard InChI is InChI=1S/C15H15S/c16-12-15-10-8-14(9-11-15)7-6-13-4-2-1-3-5-13/h1-5,8-11H,6-7,12H2. The second-order valence-electron chi connectivity index (χ2n) is 3.95. The Labute approximate surface area is 103 Å². The first-order valence-electron chi connectivity index (χ1n) is 5.58. The molecule has 0 aromatic heterocycles. The van der Waals surface area contributed by atoms with E-state index in [0.29, 0.717) is 5.75 Å². The van der Waals surface area contributed by atoms with E-state index in [1.54, 1.807) is 0 Å². The van der Waals surface area contributed by atoms with Crippen molar-refractivity contribution in [3.8, 4) is 0 Å². The van der Waals surface area contributed by atoms with E-state index in [4.69, 9.17) is 12.6 Å². The van der Waals surface area contributed by atoms with Crippen molar-refractivity contribution in [1.29, 1.82) is 0 Å².